The van der Waals surface area contributed by atoms with Crippen LogP contribution in [-0.2, 0) is 5.41 Å². The molecule has 3 N–H and O–H groups in total. The summed E-state index contributed by atoms with van der Waals surface area (Å²) in [6.07, 6.45) is 1.65. The van der Waals surface area contributed by atoms with Crippen LogP contribution in [0.3, 0.4) is 0 Å². The van der Waals surface area contributed by atoms with Gasteiger partial charge in [0.2, 0.25) is 0 Å². The number of nitrogens with zero attached hydrogens (tertiary/aromatic N) is 2. The van der Waals surface area contributed by atoms with Gasteiger partial charge < -0.3 is 11.1 Å². The molecule has 0 amide bonds. The Kier molecular flexibility index (Phi) is 7.21. The zero-order valence-electron chi connectivity index (χ0n) is 12.9. The second kappa shape index (κ2) is 8.44. The summed E-state index contributed by atoms with van der Waals surface area (Å²) < 4.78 is 14.0. The third-order valence-corrected chi connectivity index (χ3v) is 3.52. The molecule has 0 spiro atoms. The van der Waals surface area contributed by atoms with Gasteiger partial charge in [0.05, 0.1) is 6.54 Å². The number of aromatic nitrogens is 1. The van der Waals surface area contributed by atoms with Gasteiger partial charge in [-0.15, -0.1) is 24.0 Å². The maximum absolute atomic E-state index is 14.0. The van der Waals surface area contributed by atoms with Crippen LogP contribution in [-0.4, -0.2) is 17.5 Å². The summed E-state index contributed by atoms with van der Waals surface area (Å²) >= 11 is 6.11. The topological polar surface area (TPSA) is 63.3 Å². The standard InChI is InChI=1S/C16H18ClFN4.HI/c1-16(2,14-11(17)6-5-7-12(14)18)10-21-15(19)22-13-8-3-4-9-20-13;/h3-9H,10H2,1-2H3,(H3,19,20,21,22);1H. The van der Waals surface area contributed by atoms with E-state index in [1.807, 2.05) is 26.0 Å². The van der Waals surface area contributed by atoms with E-state index in [-0.39, 0.29) is 35.8 Å². The van der Waals surface area contributed by atoms with Crippen LogP contribution < -0.4 is 11.1 Å². The largest absolute Gasteiger partial charge is 0.370 e. The fraction of sp³-hybridized carbons (Fsp3) is 0.250. The fourth-order valence-corrected chi connectivity index (χ4v) is 2.53. The van der Waals surface area contributed by atoms with Crippen LogP contribution in [0.5, 0.6) is 0 Å². The van der Waals surface area contributed by atoms with Gasteiger partial charge in [0.15, 0.2) is 5.96 Å². The first-order valence-corrected chi connectivity index (χ1v) is 7.20. The predicted molar refractivity (Wildman–Crippen MR) is 104 cm³/mol. The molecular weight excluding hydrogens is 430 g/mol. The van der Waals surface area contributed by atoms with Crippen LogP contribution in [0.15, 0.2) is 47.6 Å². The van der Waals surface area contributed by atoms with Gasteiger partial charge in [0, 0.05) is 22.2 Å². The van der Waals surface area contributed by atoms with Crippen molar-refractivity contribution in [2.24, 2.45) is 10.7 Å². The van der Waals surface area contributed by atoms with E-state index >= 15 is 0 Å². The minimum atomic E-state index is -0.584. The first kappa shape index (κ1) is 19.6. The van der Waals surface area contributed by atoms with Crippen LogP contribution in [0.25, 0.3) is 0 Å². The van der Waals surface area contributed by atoms with Crippen LogP contribution in [0, 0.1) is 5.82 Å². The summed E-state index contributed by atoms with van der Waals surface area (Å²) in [4.78, 5) is 8.36. The first-order valence-electron chi connectivity index (χ1n) is 6.82. The Morgan fingerprint density at radius 2 is 2.04 bits per heavy atom. The molecule has 0 atom stereocenters. The first-order chi connectivity index (χ1) is 10.4. The number of halogens is 3. The lowest BCUT2D eigenvalue weighted by atomic mass is 9.84. The molecule has 124 valence electrons. The van der Waals surface area contributed by atoms with Gasteiger partial charge in [-0.05, 0) is 24.3 Å². The highest BCUT2D eigenvalue weighted by Crippen LogP contribution is 2.32. The molecule has 0 radical (unpaired) electrons. The molecule has 0 aliphatic carbocycles. The quantitative estimate of drug-likeness (QED) is 0.419. The van der Waals surface area contributed by atoms with Gasteiger partial charge in [0.1, 0.15) is 11.6 Å². The number of hydrogen-bond donors (Lipinski definition) is 2. The summed E-state index contributed by atoms with van der Waals surface area (Å²) in [6.45, 7) is 4.03. The number of anilines is 1. The number of nitrogens with two attached hydrogens (primary N) is 1. The van der Waals surface area contributed by atoms with Crippen molar-refractivity contribution in [3.05, 3.63) is 59.0 Å². The second-order valence-corrected chi connectivity index (χ2v) is 5.93. The average molecular weight is 449 g/mol. The third kappa shape index (κ3) is 5.31. The monoisotopic (exact) mass is 448 g/mol. The van der Waals surface area contributed by atoms with E-state index in [0.717, 1.165) is 0 Å². The maximum atomic E-state index is 14.0. The number of guanidine groups is 1. The molecule has 0 saturated heterocycles. The second-order valence-electron chi connectivity index (χ2n) is 5.52. The number of nitrogens with one attached hydrogen (secondary N) is 1. The molecule has 0 bridgehead atoms. The van der Waals surface area contributed by atoms with E-state index in [2.05, 4.69) is 15.3 Å². The predicted octanol–water partition coefficient (Wildman–Crippen LogP) is 4.20. The molecule has 0 aliphatic heterocycles. The molecule has 1 heterocycles. The normalized spacial score (nSPS) is 11.7. The lowest BCUT2D eigenvalue weighted by molar-refractivity contribution is 0.494. The third-order valence-electron chi connectivity index (χ3n) is 3.21. The van der Waals surface area contributed by atoms with Gasteiger partial charge >= 0.3 is 0 Å². The molecule has 0 fully saturated rings. The van der Waals surface area contributed by atoms with Crippen molar-refractivity contribution >= 4 is 47.4 Å². The zero-order chi connectivity index (χ0) is 16.2. The molecule has 2 rings (SSSR count). The molecule has 2 aromatic rings. The molecule has 1 aromatic heterocycles. The van der Waals surface area contributed by atoms with E-state index in [9.17, 15) is 4.39 Å². The number of pyridine rings is 1. The van der Waals surface area contributed by atoms with Crippen molar-refractivity contribution in [3.8, 4) is 0 Å². The van der Waals surface area contributed by atoms with Crippen LogP contribution in [0.4, 0.5) is 10.2 Å². The fourth-order valence-electron chi connectivity index (χ4n) is 2.11. The smallest absolute Gasteiger partial charge is 0.194 e. The average Bonchev–Trinajstić information content (AvgIpc) is 2.46. The summed E-state index contributed by atoms with van der Waals surface area (Å²) in [6, 6.07) is 10.1. The number of benzene rings is 1. The van der Waals surface area contributed by atoms with Gasteiger partial charge in [-0.2, -0.15) is 0 Å². The van der Waals surface area contributed by atoms with Crippen LogP contribution in [0.2, 0.25) is 5.02 Å². The number of rotatable bonds is 4. The highest BCUT2D eigenvalue weighted by atomic mass is 127. The SMILES string of the molecule is CC(C)(CN=C(N)Nc1ccccn1)c1c(F)cccc1Cl.I. The van der Waals surface area contributed by atoms with Gasteiger partial charge in [0.25, 0.3) is 0 Å². The van der Waals surface area contributed by atoms with Crippen molar-refractivity contribution in [2.75, 3.05) is 11.9 Å². The van der Waals surface area contributed by atoms with Crippen LogP contribution in [0.1, 0.15) is 19.4 Å². The highest BCUT2D eigenvalue weighted by molar-refractivity contribution is 14.0. The van der Waals surface area contributed by atoms with Crippen molar-refractivity contribution in [2.45, 2.75) is 19.3 Å². The van der Waals surface area contributed by atoms with Gasteiger partial charge in [-0.25, -0.2) is 9.37 Å². The molecule has 1 aromatic carbocycles. The molecule has 23 heavy (non-hydrogen) atoms. The Morgan fingerprint density at radius 1 is 1.30 bits per heavy atom. The maximum Gasteiger partial charge on any atom is 0.194 e. The van der Waals surface area contributed by atoms with E-state index < -0.39 is 5.41 Å². The minimum Gasteiger partial charge on any atom is -0.370 e. The molecule has 0 unspecified atom stereocenters. The van der Waals surface area contributed by atoms with Crippen molar-refractivity contribution in [3.63, 3.8) is 0 Å². The highest BCUT2D eigenvalue weighted by Gasteiger charge is 2.26. The van der Waals surface area contributed by atoms with Crippen molar-refractivity contribution in [1.82, 2.24) is 4.98 Å². The molecular formula is C16H19ClFIN4. The summed E-state index contributed by atoms with van der Waals surface area (Å²) in [7, 11) is 0. The summed E-state index contributed by atoms with van der Waals surface area (Å²) in [5.74, 6) is 0.480. The Bertz CT molecular complexity index is 657. The van der Waals surface area contributed by atoms with E-state index in [1.54, 1.807) is 24.4 Å². The zero-order valence-corrected chi connectivity index (χ0v) is 16.0. The lowest BCUT2D eigenvalue weighted by Gasteiger charge is -2.25. The number of hydrogen-bond acceptors (Lipinski definition) is 2. The number of aliphatic imine (C=N–C) groups is 1. The molecule has 0 aliphatic rings. The summed E-state index contributed by atoms with van der Waals surface area (Å²) in [5.41, 5.74) is 5.69. The Balaban J connectivity index is 0.00000264. The lowest BCUT2D eigenvalue weighted by Crippen LogP contribution is -2.29. The van der Waals surface area contributed by atoms with E-state index in [1.165, 1.54) is 6.07 Å². The Morgan fingerprint density at radius 3 is 2.65 bits per heavy atom. The Labute approximate surface area is 157 Å². The van der Waals surface area contributed by atoms with Gasteiger partial charge in [-0.1, -0.05) is 37.6 Å². The van der Waals surface area contributed by atoms with Crippen LogP contribution >= 0.6 is 35.6 Å². The van der Waals surface area contributed by atoms with E-state index in [4.69, 9.17) is 17.3 Å². The Hall–Kier alpha value is -1.41. The van der Waals surface area contributed by atoms with E-state index in [0.29, 0.717) is 22.9 Å². The van der Waals surface area contributed by atoms with Crippen molar-refractivity contribution < 1.29 is 4.39 Å². The molecule has 4 nitrogen and oxygen atoms in total. The molecule has 0 saturated carbocycles. The minimum absolute atomic E-state index is 0. The summed E-state index contributed by atoms with van der Waals surface area (Å²) in [5, 5.41) is 3.27. The molecule has 7 heteroatoms. The van der Waals surface area contributed by atoms with Gasteiger partial charge in [-0.3, -0.25) is 4.99 Å². The van der Waals surface area contributed by atoms with Crippen molar-refractivity contribution in [1.29, 1.82) is 0 Å².